The topological polar surface area (TPSA) is 138 Å². The molecule has 0 unspecified atom stereocenters. The molecule has 1 fully saturated rings. The highest BCUT2D eigenvalue weighted by atomic mass is 32.2. The van der Waals surface area contributed by atoms with Crippen molar-refractivity contribution in [1.82, 2.24) is 35.6 Å². The van der Waals surface area contributed by atoms with Crippen molar-refractivity contribution in [2.45, 2.75) is 25.8 Å². The van der Waals surface area contributed by atoms with E-state index in [1.807, 2.05) is 43.5 Å². The summed E-state index contributed by atoms with van der Waals surface area (Å²) >= 11 is 1.67. The number of nitrogens with one attached hydrogen (secondary N) is 3. The van der Waals surface area contributed by atoms with Crippen molar-refractivity contribution >= 4 is 35.3 Å². The van der Waals surface area contributed by atoms with Gasteiger partial charge in [0.25, 0.3) is 5.91 Å². The van der Waals surface area contributed by atoms with Gasteiger partial charge >= 0.3 is 0 Å². The largest absolute Gasteiger partial charge is 0.358 e. The Morgan fingerprint density at radius 2 is 2.14 bits per heavy atom. The monoisotopic (exact) mass is 505 g/mol. The maximum atomic E-state index is 12.9. The van der Waals surface area contributed by atoms with Gasteiger partial charge < -0.3 is 20.1 Å². The van der Waals surface area contributed by atoms with E-state index in [-0.39, 0.29) is 17.6 Å². The first-order valence-electron chi connectivity index (χ1n) is 11.7. The quantitative estimate of drug-likeness (QED) is 0.288. The summed E-state index contributed by atoms with van der Waals surface area (Å²) in [5.41, 5.74) is 2.62. The number of hydrogen-bond acceptors (Lipinski definition) is 10. The minimum absolute atomic E-state index is 0.106. The predicted molar refractivity (Wildman–Crippen MR) is 138 cm³/mol. The molecule has 5 heterocycles. The molecule has 0 saturated carbocycles. The molecule has 11 nitrogen and oxygen atoms in total. The number of amides is 1. The average Bonchev–Trinajstić information content (AvgIpc) is 3.65. The number of carbonyl (C=O) groups excluding carboxylic acids is 1. The third-order valence-corrected chi connectivity index (χ3v) is 6.41. The molecule has 1 aliphatic rings. The summed E-state index contributed by atoms with van der Waals surface area (Å²) in [4.78, 5) is 28.7. The molecular formula is C24H27N9O2S. The number of thioether (sulfide) groups is 1. The Labute approximate surface area is 212 Å². The van der Waals surface area contributed by atoms with Gasteiger partial charge in [0.15, 0.2) is 11.6 Å². The SMILES string of the molecule is CSCCNC(=O)c1cc(Nc2cc(C)[nH]n2)nc(N2CCC[C@H]2c2cc(-c3ccccn3)no2)n1. The van der Waals surface area contributed by atoms with E-state index in [2.05, 4.69) is 40.9 Å². The highest BCUT2D eigenvalue weighted by molar-refractivity contribution is 7.98. The predicted octanol–water partition coefficient (Wildman–Crippen LogP) is 3.74. The smallest absolute Gasteiger partial charge is 0.270 e. The van der Waals surface area contributed by atoms with E-state index in [1.54, 1.807) is 24.0 Å². The molecule has 0 spiro atoms. The van der Waals surface area contributed by atoms with Crippen molar-refractivity contribution < 1.29 is 9.32 Å². The first-order valence-corrected chi connectivity index (χ1v) is 13.1. The number of H-pyrrole nitrogens is 1. The molecule has 1 amide bonds. The highest BCUT2D eigenvalue weighted by Crippen LogP contribution is 2.36. The number of hydrogen-bond donors (Lipinski definition) is 3. The van der Waals surface area contributed by atoms with Crippen molar-refractivity contribution in [3.05, 3.63) is 59.7 Å². The van der Waals surface area contributed by atoms with Crippen LogP contribution in [-0.2, 0) is 0 Å². The van der Waals surface area contributed by atoms with Crippen LogP contribution in [0.15, 0.2) is 47.1 Å². The number of carbonyl (C=O) groups is 1. The van der Waals surface area contributed by atoms with Crippen molar-refractivity contribution in [3.8, 4) is 11.4 Å². The molecule has 186 valence electrons. The van der Waals surface area contributed by atoms with Crippen LogP contribution >= 0.6 is 11.8 Å². The fourth-order valence-corrected chi connectivity index (χ4v) is 4.40. The van der Waals surface area contributed by atoms with Crippen LogP contribution in [0.2, 0.25) is 0 Å². The second-order valence-corrected chi connectivity index (χ2v) is 9.41. The van der Waals surface area contributed by atoms with Gasteiger partial charge in [-0.05, 0) is 38.2 Å². The van der Waals surface area contributed by atoms with Crippen LogP contribution in [0.4, 0.5) is 17.6 Å². The van der Waals surface area contributed by atoms with Gasteiger partial charge in [0.2, 0.25) is 5.95 Å². The van der Waals surface area contributed by atoms with Crippen LogP contribution in [0.5, 0.6) is 0 Å². The fourth-order valence-electron chi connectivity index (χ4n) is 4.10. The van der Waals surface area contributed by atoms with Gasteiger partial charge in [-0.2, -0.15) is 21.8 Å². The van der Waals surface area contributed by atoms with Gasteiger partial charge in [0, 0.05) is 48.9 Å². The standard InChI is InChI=1S/C24H27N9O2S/c1-15-12-22(31-30-15)28-21-14-18(23(34)26-9-11-36-2)27-24(29-21)33-10-5-7-19(33)20-13-17(32-35-20)16-6-3-4-8-25-16/h3-4,6,8,12-14,19H,5,7,9-11H2,1-2H3,(H,26,34)(H2,27,28,29,30,31)/t19-/m0/s1. The molecule has 5 rings (SSSR count). The fraction of sp³-hybridized carbons (Fsp3) is 0.333. The van der Waals surface area contributed by atoms with Gasteiger partial charge in [-0.1, -0.05) is 11.2 Å². The zero-order valence-electron chi connectivity index (χ0n) is 20.1. The zero-order chi connectivity index (χ0) is 24.9. The third-order valence-electron chi connectivity index (χ3n) is 5.79. The van der Waals surface area contributed by atoms with Crippen molar-refractivity contribution in [2.75, 3.05) is 35.3 Å². The number of rotatable bonds is 9. The maximum Gasteiger partial charge on any atom is 0.270 e. The molecule has 4 aromatic heterocycles. The van der Waals surface area contributed by atoms with Gasteiger partial charge in [-0.25, -0.2) is 4.98 Å². The van der Waals surface area contributed by atoms with Gasteiger partial charge in [-0.3, -0.25) is 14.9 Å². The van der Waals surface area contributed by atoms with Crippen molar-refractivity contribution in [3.63, 3.8) is 0 Å². The van der Waals surface area contributed by atoms with E-state index in [1.165, 1.54) is 0 Å². The summed E-state index contributed by atoms with van der Waals surface area (Å²) in [6, 6.07) is 11.0. The lowest BCUT2D eigenvalue weighted by Crippen LogP contribution is -2.29. The second kappa shape index (κ2) is 10.8. The Balaban J connectivity index is 1.44. The Morgan fingerprint density at radius 3 is 2.92 bits per heavy atom. The molecule has 12 heteroatoms. The van der Waals surface area contributed by atoms with Gasteiger partial charge in [0.1, 0.15) is 17.2 Å². The first kappa shape index (κ1) is 23.8. The summed E-state index contributed by atoms with van der Waals surface area (Å²) in [5.74, 6) is 2.82. The summed E-state index contributed by atoms with van der Waals surface area (Å²) in [6.07, 6.45) is 5.51. The molecule has 0 aromatic carbocycles. The average molecular weight is 506 g/mol. The minimum atomic E-state index is -0.248. The number of pyridine rings is 1. The lowest BCUT2D eigenvalue weighted by molar-refractivity contribution is 0.0951. The van der Waals surface area contributed by atoms with E-state index in [4.69, 9.17) is 9.51 Å². The van der Waals surface area contributed by atoms with Crippen LogP contribution in [0.3, 0.4) is 0 Å². The van der Waals surface area contributed by atoms with Crippen LogP contribution in [-0.4, -0.2) is 61.3 Å². The Bertz CT molecular complexity index is 1320. The first-order chi connectivity index (χ1) is 17.6. The summed E-state index contributed by atoms with van der Waals surface area (Å²) in [5, 5.41) is 17.5. The van der Waals surface area contributed by atoms with Crippen molar-refractivity contribution in [1.29, 1.82) is 0 Å². The number of aromatic nitrogens is 6. The van der Waals surface area contributed by atoms with E-state index in [9.17, 15) is 4.79 Å². The molecule has 4 aromatic rings. The highest BCUT2D eigenvalue weighted by Gasteiger charge is 2.32. The Hall–Kier alpha value is -3.93. The van der Waals surface area contributed by atoms with E-state index in [0.29, 0.717) is 35.6 Å². The molecule has 0 radical (unpaired) electrons. The van der Waals surface area contributed by atoms with Crippen LogP contribution in [0.25, 0.3) is 11.4 Å². The van der Waals surface area contributed by atoms with Gasteiger partial charge in [0.05, 0.1) is 11.7 Å². The van der Waals surface area contributed by atoms with E-state index in [0.717, 1.165) is 36.5 Å². The normalized spacial score (nSPS) is 15.3. The number of aryl methyl sites for hydroxylation is 1. The molecular weight excluding hydrogens is 478 g/mol. The molecule has 1 saturated heterocycles. The Morgan fingerprint density at radius 1 is 1.22 bits per heavy atom. The van der Waals surface area contributed by atoms with Crippen LogP contribution in [0, 0.1) is 6.92 Å². The van der Waals surface area contributed by atoms with E-state index >= 15 is 0 Å². The zero-order valence-corrected chi connectivity index (χ0v) is 20.9. The van der Waals surface area contributed by atoms with Crippen LogP contribution in [0.1, 0.15) is 40.8 Å². The minimum Gasteiger partial charge on any atom is -0.358 e. The molecule has 0 bridgehead atoms. The van der Waals surface area contributed by atoms with Gasteiger partial charge in [-0.15, -0.1) is 0 Å². The van der Waals surface area contributed by atoms with Crippen molar-refractivity contribution in [2.24, 2.45) is 0 Å². The number of aromatic amines is 1. The lowest BCUT2D eigenvalue weighted by Gasteiger charge is -2.23. The number of nitrogens with zero attached hydrogens (tertiary/aromatic N) is 6. The third kappa shape index (κ3) is 5.33. The number of anilines is 3. The molecule has 1 atom stereocenters. The second-order valence-electron chi connectivity index (χ2n) is 8.43. The summed E-state index contributed by atoms with van der Waals surface area (Å²) in [7, 11) is 0. The molecule has 1 aliphatic heterocycles. The Kier molecular flexibility index (Phi) is 7.12. The molecule has 0 aliphatic carbocycles. The maximum absolute atomic E-state index is 12.9. The molecule has 3 N–H and O–H groups in total. The molecule has 36 heavy (non-hydrogen) atoms. The van der Waals surface area contributed by atoms with Crippen LogP contribution < -0.4 is 15.5 Å². The van der Waals surface area contributed by atoms with E-state index < -0.39 is 0 Å². The lowest BCUT2D eigenvalue weighted by atomic mass is 10.1. The summed E-state index contributed by atoms with van der Waals surface area (Å²) in [6.45, 7) is 3.20. The summed E-state index contributed by atoms with van der Waals surface area (Å²) < 4.78 is 5.73.